The molecule has 0 unspecified atom stereocenters. The number of hydrogen-bond donors (Lipinski definition) is 1. The summed E-state index contributed by atoms with van der Waals surface area (Å²) in [4.78, 5) is 21.5. The molecule has 26 heavy (non-hydrogen) atoms. The van der Waals surface area contributed by atoms with E-state index in [0.717, 1.165) is 37.3 Å². The molecule has 0 aliphatic carbocycles. The zero-order valence-electron chi connectivity index (χ0n) is 14.7. The Morgan fingerprint density at radius 1 is 1.15 bits per heavy atom. The minimum absolute atomic E-state index is 0.0465. The van der Waals surface area contributed by atoms with E-state index in [1.54, 1.807) is 18.3 Å². The highest BCUT2D eigenvalue weighted by Crippen LogP contribution is 2.29. The summed E-state index contributed by atoms with van der Waals surface area (Å²) in [5.74, 6) is 0.586. The third-order valence-electron chi connectivity index (χ3n) is 4.83. The van der Waals surface area contributed by atoms with Crippen LogP contribution in [0.15, 0.2) is 51.8 Å². The molecule has 1 aliphatic heterocycles. The smallest absolute Gasteiger partial charge is 0.200 e. The maximum absolute atomic E-state index is 12.6. The molecule has 0 radical (unpaired) electrons. The van der Waals surface area contributed by atoms with Gasteiger partial charge in [-0.05, 0) is 24.7 Å². The third kappa shape index (κ3) is 3.09. The van der Waals surface area contributed by atoms with Gasteiger partial charge in [0.25, 0.3) is 0 Å². The van der Waals surface area contributed by atoms with Crippen molar-refractivity contribution in [2.24, 2.45) is 0 Å². The van der Waals surface area contributed by atoms with Gasteiger partial charge >= 0.3 is 0 Å². The number of anilines is 1. The molecule has 3 heterocycles. The summed E-state index contributed by atoms with van der Waals surface area (Å²) in [6, 6.07) is 10.7. The third-order valence-corrected chi connectivity index (χ3v) is 4.83. The number of nitrogens with zero attached hydrogens (tertiary/aromatic N) is 3. The molecule has 0 atom stereocenters. The van der Waals surface area contributed by atoms with E-state index >= 15 is 0 Å². The first-order valence-electron chi connectivity index (χ1n) is 8.72. The van der Waals surface area contributed by atoms with Crippen molar-refractivity contribution in [1.82, 2.24) is 9.88 Å². The number of hydrogen-bond acceptors (Lipinski definition) is 6. The normalized spacial score (nSPS) is 15.5. The van der Waals surface area contributed by atoms with Gasteiger partial charge in [-0.2, -0.15) is 0 Å². The second-order valence-electron chi connectivity index (χ2n) is 6.63. The average molecular weight is 351 g/mol. The predicted molar refractivity (Wildman–Crippen MR) is 101 cm³/mol. The van der Waals surface area contributed by atoms with E-state index in [2.05, 4.69) is 21.8 Å². The van der Waals surface area contributed by atoms with Crippen LogP contribution in [0, 0.1) is 0 Å². The topological polar surface area (TPSA) is 69.8 Å². The lowest BCUT2D eigenvalue weighted by Crippen LogP contribution is -2.44. The number of piperazine rings is 1. The van der Waals surface area contributed by atoms with Crippen molar-refractivity contribution in [1.29, 1.82) is 0 Å². The summed E-state index contributed by atoms with van der Waals surface area (Å²) in [6.07, 6.45) is 1.62. The van der Waals surface area contributed by atoms with Crippen LogP contribution >= 0.6 is 0 Å². The SMILES string of the molecule is CN1CCN(c2cc(=O)c3ccnc(-c4cccc(CO)c4)c3o2)CC1. The van der Waals surface area contributed by atoms with Crippen molar-refractivity contribution in [2.45, 2.75) is 6.61 Å². The summed E-state index contributed by atoms with van der Waals surface area (Å²) in [7, 11) is 2.09. The fraction of sp³-hybridized carbons (Fsp3) is 0.300. The minimum Gasteiger partial charge on any atom is -0.438 e. The van der Waals surface area contributed by atoms with Gasteiger partial charge in [0.2, 0.25) is 0 Å². The van der Waals surface area contributed by atoms with Crippen LogP contribution in [0.25, 0.3) is 22.2 Å². The molecule has 6 heteroatoms. The van der Waals surface area contributed by atoms with E-state index in [1.165, 1.54) is 0 Å². The first-order valence-corrected chi connectivity index (χ1v) is 8.72. The molecule has 134 valence electrons. The average Bonchev–Trinajstić information content (AvgIpc) is 2.68. The Balaban J connectivity index is 1.85. The van der Waals surface area contributed by atoms with Gasteiger partial charge in [-0.3, -0.25) is 9.78 Å². The van der Waals surface area contributed by atoms with Crippen LogP contribution in [0.3, 0.4) is 0 Å². The summed E-state index contributed by atoms with van der Waals surface area (Å²) in [5.41, 5.74) is 2.65. The highest BCUT2D eigenvalue weighted by molar-refractivity contribution is 5.90. The Morgan fingerprint density at radius 3 is 2.73 bits per heavy atom. The molecule has 0 bridgehead atoms. The fourth-order valence-corrected chi connectivity index (χ4v) is 3.27. The second-order valence-corrected chi connectivity index (χ2v) is 6.63. The maximum Gasteiger partial charge on any atom is 0.200 e. The van der Waals surface area contributed by atoms with Crippen molar-refractivity contribution >= 4 is 16.9 Å². The van der Waals surface area contributed by atoms with Gasteiger partial charge < -0.3 is 19.3 Å². The molecular formula is C20H21N3O3. The zero-order valence-corrected chi connectivity index (χ0v) is 14.7. The molecular weight excluding hydrogens is 330 g/mol. The molecule has 6 nitrogen and oxygen atoms in total. The molecule has 1 fully saturated rings. The standard InChI is InChI=1S/C20H21N3O3/c1-22-7-9-23(10-8-22)18-12-17(25)16-5-6-21-19(20(16)26-18)15-4-2-3-14(11-15)13-24/h2-6,11-12,24H,7-10,13H2,1H3. The Labute approximate surface area is 151 Å². The molecule has 1 saturated heterocycles. The highest BCUT2D eigenvalue weighted by Gasteiger charge is 2.19. The lowest BCUT2D eigenvalue weighted by atomic mass is 10.1. The molecule has 0 spiro atoms. The van der Waals surface area contributed by atoms with E-state index in [4.69, 9.17) is 4.42 Å². The number of aromatic nitrogens is 1. The number of aliphatic hydroxyl groups excluding tert-OH is 1. The Morgan fingerprint density at radius 2 is 1.96 bits per heavy atom. The summed E-state index contributed by atoms with van der Waals surface area (Å²) < 4.78 is 6.16. The molecule has 0 saturated carbocycles. The predicted octanol–water partition coefficient (Wildman–Crippen LogP) is 2.10. The number of benzene rings is 1. The highest BCUT2D eigenvalue weighted by atomic mass is 16.4. The Bertz CT molecular complexity index is 991. The molecule has 1 N–H and O–H groups in total. The quantitative estimate of drug-likeness (QED) is 0.779. The van der Waals surface area contributed by atoms with Crippen LogP contribution < -0.4 is 10.3 Å². The summed E-state index contributed by atoms with van der Waals surface area (Å²) in [6.45, 7) is 3.45. The van der Waals surface area contributed by atoms with Crippen LogP contribution in [-0.2, 0) is 6.61 Å². The van der Waals surface area contributed by atoms with E-state index in [9.17, 15) is 9.90 Å². The van der Waals surface area contributed by atoms with Crippen LogP contribution in [0.2, 0.25) is 0 Å². The number of aliphatic hydroxyl groups is 1. The number of fused-ring (bicyclic) bond motifs is 1. The Kier molecular flexibility index (Phi) is 4.44. The monoisotopic (exact) mass is 351 g/mol. The van der Waals surface area contributed by atoms with Crippen molar-refractivity contribution < 1.29 is 9.52 Å². The Hall–Kier alpha value is -2.70. The number of rotatable bonds is 3. The fourth-order valence-electron chi connectivity index (χ4n) is 3.27. The first kappa shape index (κ1) is 16.8. The van der Waals surface area contributed by atoms with Crippen LogP contribution in [0.5, 0.6) is 0 Å². The number of pyridine rings is 1. The van der Waals surface area contributed by atoms with Crippen LogP contribution in [0.4, 0.5) is 5.88 Å². The van der Waals surface area contributed by atoms with Crippen molar-refractivity contribution in [3.63, 3.8) is 0 Å². The molecule has 2 aromatic heterocycles. The zero-order chi connectivity index (χ0) is 18.1. The number of likely N-dealkylation sites (N-methyl/N-ethyl adjacent to an activating group) is 1. The largest absolute Gasteiger partial charge is 0.438 e. The van der Waals surface area contributed by atoms with E-state index < -0.39 is 0 Å². The van der Waals surface area contributed by atoms with Gasteiger partial charge in [0, 0.05) is 44.0 Å². The van der Waals surface area contributed by atoms with E-state index in [-0.39, 0.29) is 12.0 Å². The van der Waals surface area contributed by atoms with Gasteiger partial charge in [-0.15, -0.1) is 0 Å². The molecule has 1 aromatic carbocycles. The van der Waals surface area contributed by atoms with E-state index in [1.807, 2.05) is 24.3 Å². The molecule has 3 aromatic rings. The summed E-state index contributed by atoms with van der Waals surface area (Å²) >= 11 is 0. The van der Waals surface area contributed by atoms with Crippen molar-refractivity contribution in [3.8, 4) is 11.3 Å². The maximum atomic E-state index is 12.6. The lowest BCUT2D eigenvalue weighted by molar-refractivity contribution is 0.282. The van der Waals surface area contributed by atoms with Gasteiger partial charge in [0.15, 0.2) is 16.9 Å². The van der Waals surface area contributed by atoms with Crippen molar-refractivity contribution in [2.75, 3.05) is 38.1 Å². The van der Waals surface area contributed by atoms with Crippen LogP contribution in [0.1, 0.15) is 5.56 Å². The van der Waals surface area contributed by atoms with Gasteiger partial charge in [0.1, 0.15) is 5.69 Å². The molecule has 1 aliphatic rings. The minimum atomic E-state index is -0.0675. The first-order chi connectivity index (χ1) is 12.7. The van der Waals surface area contributed by atoms with Gasteiger partial charge in [-0.25, -0.2) is 0 Å². The summed E-state index contributed by atoms with van der Waals surface area (Å²) in [5, 5.41) is 9.91. The molecule has 4 rings (SSSR count). The second kappa shape index (κ2) is 6.90. The van der Waals surface area contributed by atoms with Crippen molar-refractivity contribution in [3.05, 3.63) is 58.4 Å². The van der Waals surface area contributed by atoms with E-state index in [0.29, 0.717) is 22.5 Å². The lowest BCUT2D eigenvalue weighted by Gasteiger charge is -2.32. The van der Waals surface area contributed by atoms with Gasteiger partial charge in [0.05, 0.1) is 12.0 Å². The van der Waals surface area contributed by atoms with Gasteiger partial charge in [-0.1, -0.05) is 18.2 Å². The van der Waals surface area contributed by atoms with Crippen LogP contribution in [-0.4, -0.2) is 48.2 Å². The molecule has 0 amide bonds.